The fraction of sp³-hybridized carbons (Fsp3) is 0.500. The number of piperidine rings is 1. The standard InChI is InChI=1S/C26H32BrN3O3/c27-22-9-7-19(8-10-22)17-26(31)28-25-6-2-1-5-21(25)16-20-4-3-15-29(18-20)23-11-13-24(14-12-23)30(32)33/h7-14,20-21,25H,1-6,15-18H2,(H,28,31)/t20?,21-,25+/m0/s1. The summed E-state index contributed by atoms with van der Waals surface area (Å²) in [5, 5.41) is 14.3. The fourth-order valence-electron chi connectivity index (χ4n) is 5.43. The van der Waals surface area contributed by atoms with Gasteiger partial charge in [0.25, 0.3) is 5.69 Å². The molecule has 0 spiro atoms. The van der Waals surface area contributed by atoms with Gasteiger partial charge in [-0.15, -0.1) is 0 Å². The molecule has 1 unspecified atom stereocenters. The topological polar surface area (TPSA) is 75.5 Å². The molecule has 4 rings (SSSR count). The zero-order valence-electron chi connectivity index (χ0n) is 18.9. The molecular weight excluding hydrogens is 482 g/mol. The summed E-state index contributed by atoms with van der Waals surface area (Å²) >= 11 is 3.44. The smallest absolute Gasteiger partial charge is 0.269 e. The van der Waals surface area contributed by atoms with Gasteiger partial charge in [0.1, 0.15) is 0 Å². The van der Waals surface area contributed by atoms with Gasteiger partial charge in [-0.2, -0.15) is 0 Å². The molecule has 2 aromatic rings. The number of carbonyl (C=O) groups is 1. The van der Waals surface area contributed by atoms with Crippen molar-refractivity contribution in [3.05, 3.63) is 68.7 Å². The number of hydrogen-bond donors (Lipinski definition) is 1. The van der Waals surface area contributed by atoms with E-state index in [1.165, 1.54) is 25.7 Å². The molecule has 2 aromatic carbocycles. The molecule has 2 aliphatic rings. The second-order valence-corrected chi connectivity index (χ2v) is 10.4. The van der Waals surface area contributed by atoms with E-state index in [-0.39, 0.29) is 22.6 Å². The van der Waals surface area contributed by atoms with E-state index in [1.54, 1.807) is 12.1 Å². The SMILES string of the molecule is O=C(Cc1ccc(Br)cc1)N[C@@H]1CCCC[C@H]1CC1CCCN(c2ccc([N+](=O)[O-])cc2)C1. The van der Waals surface area contributed by atoms with E-state index in [9.17, 15) is 14.9 Å². The molecule has 176 valence electrons. The lowest BCUT2D eigenvalue weighted by atomic mass is 9.77. The minimum absolute atomic E-state index is 0.116. The number of halogens is 1. The molecule has 0 bridgehead atoms. The summed E-state index contributed by atoms with van der Waals surface area (Å²) in [7, 11) is 0. The van der Waals surface area contributed by atoms with Gasteiger partial charge < -0.3 is 10.2 Å². The third kappa shape index (κ3) is 6.56. The Kier molecular flexibility index (Phi) is 8.02. The number of non-ortho nitro benzene ring substituents is 1. The van der Waals surface area contributed by atoms with Crippen molar-refractivity contribution in [1.82, 2.24) is 5.32 Å². The highest BCUT2D eigenvalue weighted by Crippen LogP contribution is 2.34. The van der Waals surface area contributed by atoms with E-state index in [0.717, 1.165) is 48.1 Å². The normalized spacial score (nSPS) is 23.2. The minimum atomic E-state index is -0.350. The van der Waals surface area contributed by atoms with Crippen LogP contribution in [0.5, 0.6) is 0 Å². The van der Waals surface area contributed by atoms with Crippen molar-refractivity contribution in [3.8, 4) is 0 Å². The molecule has 1 saturated heterocycles. The van der Waals surface area contributed by atoms with Crippen LogP contribution in [0.2, 0.25) is 0 Å². The lowest BCUT2D eigenvalue weighted by Crippen LogP contribution is -2.44. The van der Waals surface area contributed by atoms with Crippen LogP contribution in [0, 0.1) is 22.0 Å². The predicted molar refractivity (Wildman–Crippen MR) is 134 cm³/mol. The predicted octanol–water partition coefficient (Wildman–Crippen LogP) is 5.88. The number of anilines is 1. The average Bonchev–Trinajstić information content (AvgIpc) is 2.82. The van der Waals surface area contributed by atoms with Crippen molar-refractivity contribution >= 4 is 33.2 Å². The number of amides is 1. The van der Waals surface area contributed by atoms with E-state index in [0.29, 0.717) is 18.3 Å². The Morgan fingerprint density at radius 2 is 1.76 bits per heavy atom. The van der Waals surface area contributed by atoms with Crippen molar-refractivity contribution in [2.24, 2.45) is 11.8 Å². The number of hydrogen-bond acceptors (Lipinski definition) is 4. The Morgan fingerprint density at radius 1 is 1.03 bits per heavy atom. The maximum atomic E-state index is 12.7. The molecule has 1 amide bonds. The molecule has 7 heteroatoms. The fourth-order valence-corrected chi connectivity index (χ4v) is 5.69. The third-order valence-corrected chi connectivity index (χ3v) is 7.64. The molecule has 2 fully saturated rings. The van der Waals surface area contributed by atoms with Crippen molar-refractivity contribution < 1.29 is 9.72 Å². The highest BCUT2D eigenvalue weighted by molar-refractivity contribution is 9.10. The summed E-state index contributed by atoms with van der Waals surface area (Å²) in [5.74, 6) is 1.22. The average molecular weight is 514 g/mol. The maximum absolute atomic E-state index is 12.7. The van der Waals surface area contributed by atoms with Crippen LogP contribution in [0.1, 0.15) is 50.5 Å². The Bertz CT molecular complexity index is 948. The van der Waals surface area contributed by atoms with Crippen LogP contribution in [0.25, 0.3) is 0 Å². The largest absolute Gasteiger partial charge is 0.371 e. The number of nitro benzene ring substituents is 1. The molecule has 33 heavy (non-hydrogen) atoms. The summed E-state index contributed by atoms with van der Waals surface area (Å²) in [4.78, 5) is 25.7. The second-order valence-electron chi connectivity index (χ2n) is 9.49. The van der Waals surface area contributed by atoms with Gasteiger partial charge >= 0.3 is 0 Å². The van der Waals surface area contributed by atoms with E-state index < -0.39 is 0 Å². The zero-order chi connectivity index (χ0) is 23.2. The van der Waals surface area contributed by atoms with Gasteiger partial charge in [0.15, 0.2) is 0 Å². The summed E-state index contributed by atoms with van der Waals surface area (Å²) in [6.45, 7) is 1.97. The molecule has 1 heterocycles. The summed E-state index contributed by atoms with van der Waals surface area (Å²) in [5.41, 5.74) is 2.23. The lowest BCUT2D eigenvalue weighted by Gasteiger charge is -2.39. The summed E-state index contributed by atoms with van der Waals surface area (Å²) < 4.78 is 1.02. The highest BCUT2D eigenvalue weighted by Gasteiger charge is 2.30. The van der Waals surface area contributed by atoms with Gasteiger partial charge in [0.2, 0.25) is 5.91 Å². The van der Waals surface area contributed by atoms with Crippen LogP contribution < -0.4 is 10.2 Å². The first-order chi connectivity index (χ1) is 16.0. The molecular formula is C26H32BrN3O3. The van der Waals surface area contributed by atoms with Crippen LogP contribution in [0.3, 0.4) is 0 Å². The number of nitrogens with zero attached hydrogens (tertiary/aromatic N) is 2. The zero-order valence-corrected chi connectivity index (χ0v) is 20.5. The van der Waals surface area contributed by atoms with Crippen molar-refractivity contribution in [1.29, 1.82) is 0 Å². The van der Waals surface area contributed by atoms with Crippen molar-refractivity contribution in [3.63, 3.8) is 0 Å². The van der Waals surface area contributed by atoms with Crippen LogP contribution in [0.15, 0.2) is 53.0 Å². The van der Waals surface area contributed by atoms with Crippen molar-refractivity contribution in [2.45, 2.75) is 57.4 Å². The Balaban J connectivity index is 1.33. The third-order valence-electron chi connectivity index (χ3n) is 7.11. The van der Waals surface area contributed by atoms with Crippen LogP contribution in [0.4, 0.5) is 11.4 Å². The minimum Gasteiger partial charge on any atom is -0.371 e. The number of rotatable bonds is 7. The lowest BCUT2D eigenvalue weighted by molar-refractivity contribution is -0.384. The van der Waals surface area contributed by atoms with Gasteiger partial charge in [0.05, 0.1) is 11.3 Å². The van der Waals surface area contributed by atoms with Crippen LogP contribution in [-0.2, 0) is 11.2 Å². The van der Waals surface area contributed by atoms with Gasteiger partial charge in [0, 0.05) is 41.4 Å². The number of benzene rings is 2. The van der Waals surface area contributed by atoms with Gasteiger partial charge in [-0.25, -0.2) is 0 Å². The Morgan fingerprint density at radius 3 is 2.48 bits per heavy atom. The van der Waals surface area contributed by atoms with E-state index >= 15 is 0 Å². The maximum Gasteiger partial charge on any atom is 0.269 e. The molecule has 1 N–H and O–H groups in total. The first-order valence-electron chi connectivity index (χ1n) is 12.0. The Hall–Kier alpha value is -2.41. The van der Waals surface area contributed by atoms with Crippen LogP contribution in [-0.4, -0.2) is 30.0 Å². The highest BCUT2D eigenvalue weighted by atomic mass is 79.9. The summed E-state index contributed by atoms with van der Waals surface area (Å²) in [6, 6.07) is 15.1. The quantitative estimate of drug-likeness (QED) is 0.370. The molecule has 1 aliphatic heterocycles. The molecule has 6 nitrogen and oxygen atoms in total. The molecule has 1 saturated carbocycles. The first kappa shape index (κ1) is 23.7. The molecule has 3 atom stereocenters. The molecule has 1 aliphatic carbocycles. The first-order valence-corrected chi connectivity index (χ1v) is 12.8. The Labute approximate surface area is 204 Å². The van der Waals surface area contributed by atoms with Gasteiger partial charge in [-0.3, -0.25) is 14.9 Å². The van der Waals surface area contributed by atoms with E-state index in [2.05, 4.69) is 26.1 Å². The second kappa shape index (κ2) is 11.1. The number of nitrogens with one attached hydrogen (secondary N) is 1. The van der Waals surface area contributed by atoms with Gasteiger partial charge in [-0.1, -0.05) is 40.9 Å². The monoisotopic (exact) mass is 513 g/mol. The van der Waals surface area contributed by atoms with Crippen LogP contribution >= 0.6 is 15.9 Å². The van der Waals surface area contributed by atoms with Crippen molar-refractivity contribution in [2.75, 3.05) is 18.0 Å². The number of nitro groups is 1. The van der Waals surface area contributed by atoms with E-state index in [4.69, 9.17) is 0 Å². The van der Waals surface area contributed by atoms with Gasteiger partial charge in [-0.05, 0) is 73.8 Å². The molecule has 0 aromatic heterocycles. The molecule has 0 radical (unpaired) electrons. The number of carbonyl (C=O) groups excluding carboxylic acids is 1. The van der Waals surface area contributed by atoms with E-state index in [1.807, 2.05) is 36.4 Å². The summed E-state index contributed by atoms with van der Waals surface area (Å²) in [6.07, 6.45) is 8.56.